The molecule has 1 amide bonds. The van der Waals surface area contributed by atoms with Crippen molar-refractivity contribution in [2.45, 2.75) is 6.61 Å². The SMILES string of the molecule is O=C(Nc1ncc(Br)c(N2CCOCC2)n1)OCc1ccccc1. The fourth-order valence-electron chi connectivity index (χ4n) is 2.27. The minimum absolute atomic E-state index is 0.194. The van der Waals surface area contributed by atoms with Crippen LogP contribution in [0.25, 0.3) is 0 Å². The predicted molar refractivity (Wildman–Crippen MR) is 93.0 cm³/mol. The molecule has 1 N–H and O–H groups in total. The molecule has 1 fully saturated rings. The third kappa shape index (κ3) is 4.42. The molecule has 1 aromatic carbocycles. The first-order chi connectivity index (χ1) is 11.7. The number of halogens is 1. The Labute approximate surface area is 148 Å². The van der Waals surface area contributed by atoms with Crippen LogP contribution in [-0.4, -0.2) is 42.4 Å². The lowest BCUT2D eigenvalue weighted by Crippen LogP contribution is -2.37. The summed E-state index contributed by atoms with van der Waals surface area (Å²) in [4.78, 5) is 22.5. The normalized spacial score (nSPS) is 14.3. The predicted octanol–water partition coefficient (Wildman–Crippen LogP) is 2.82. The van der Waals surface area contributed by atoms with Gasteiger partial charge in [-0.3, -0.25) is 5.32 Å². The van der Waals surface area contributed by atoms with Gasteiger partial charge < -0.3 is 14.4 Å². The number of nitrogens with one attached hydrogen (secondary N) is 1. The van der Waals surface area contributed by atoms with Crippen molar-refractivity contribution in [1.29, 1.82) is 0 Å². The lowest BCUT2D eigenvalue weighted by Gasteiger charge is -2.28. The fourth-order valence-corrected chi connectivity index (χ4v) is 2.71. The van der Waals surface area contributed by atoms with Crippen LogP contribution in [0, 0.1) is 0 Å². The number of aromatic nitrogens is 2. The summed E-state index contributed by atoms with van der Waals surface area (Å²) in [6, 6.07) is 9.47. The molecule has 0 bridgehead atoms. The van der Waals surface area contributed by atoms with Crippen LogP contribution in [0.15, 0.2) is 41.0 Å². The molecule has 3 rings (SSSR count). The van der Waals surface area contributed by atoms with Crippen LogP contribution in [0.1, 0.15) is 5.56 Å². The number of ether oxygens (including phenoxy) is 2. The third-order valence-corrected chi connectivity index (χ3v) is 4.02. The number of hydrogen-bond acceptors (Lipinski definition) is 6. The summed E-state index contributed by atoms with van der Waals surface area (Å²) < 4.78 is 11.3. The van der Waals surface area contributed by atoms with Crippen molar-refractivity contribution in [1.82, 2.24) is 9.97 Å². The van der Waals surface area contributed by atoms with Crippen LogP contribution in [0.5, 0.6) is 0 Å². The second-order valence-electron chi connectivity index (χ2n) is 5.15. The zero-order valence-electron chi connectivity index (χ0n) is 12.9. The number of rotatable bonds is 4. The van der Waals surface area contributed by atoms with Crippen molar-refractivity contribution in [3.63, 3.8) is 0 Å². The molecule has 0 spiro atoms. The summed E-state index contributed by atoms with van der Waals surface area (Å²) in [6.07, 6.45) is 1.03. The van der Waals surface area contributed by atoms with Crippen LogP contribution in [0.2, 0.25) is 0 Å². The van der Waals surface area contributed by atoms with Crippen LogP contribution in [-0.2, 0) is 16.1 Å². The Hall–Kier alpha value is -2.19. The fraction of sp³-hybridized carbons (Fsp3) is 0.312. The van der Waals surface area contributed by atoms with E-state index >= 15 is 0 Å². The van der Waals surface area contributed by atoms with E-state index in [0.29, 0.717) is 13.2 Å². The van der Waals surface area contributed by atoms with Gasteiger partial charge in [0.15, 0.2) is 0 Å². The molecule has 126 valence electrons. The number of carbonyl (C=O) groups excluding carboxylic acids is 1. The Morgan fingerprint density at radius 1 is 1.29 bits per heavy atom. The first kappa shape index (κ1) is 16.7. The molecule has 0 saturated carbocycles. The second-order valence-corrected chi connectivity index (χ2v) is 6.01. The first-order valence-corrected chi connectivity index (χ1v) is 8.34. The third-order valence-electron chi connectivity index (χ3n) is 3.46. The molecule has 0 unspecified atom stereocenters. The van der Waals surface area contributed by atoms with E-state index in [4.69, 9.17) is 9.47 Å². The highest BCUT2D eigenvalue weighted by molar-refractivity contribution is 9.10. The first-order valence-electron chi connectivity index (χ1n) is 7.55. The Morgan fingerprint density at radius 2 is 2.04 bits per heavy atom. The van der Waals surface area contributed by atoms with Gasteiger partial charge in [0, 0.05) is 19.3 Å². The van der Waals surface area contributed by atoms with E-state index in [1.54, 1.807) is 6.20 Å². The Bertz CT molecular complexity index is 693. The van der Waals surface area contributed by atoms with Crippen molar-refractivity contribution >= 4 is 33.8 Å². The molecule has 0 radical (unpaired) electrons. The van der Waals surface area contributed by atoms with E-state index in [9.17, 15) is 4.79 Å². The summed E-state index contributed by atoms with van der Waals surface area (Å²) in [5.74, 6) is 0.935. The van der Waals surface area contributed by atoms with Gasteiger partial charge in [-0.15, -0.1) is 0 Å². The molecule has 1 aliphatic rings. The van der Waals surface area contributed by atoms with Gasteiger partial charge in [-0.25, -0.2) is 9.78 Å². The number of morpholine rings is 1. The monoisotopic (exact) mass is 392 g/mol. The largest absolute Gasteiger partial charge is 0.444 e. The average Bonchev–Trinajstić information content (AvgIpc) is 2.63. The lowest BCUT2D eigenvalue weighted by molar-refractivity contribution is 0.122. The van der Waals surface area contributed by atoms with Gasteiger partial charge in [-0.2, -0.15) is 4.98 Å². The van der Waals surface area contributed by atoms with Gasteiger partial charge in [0.1, 0.15) is 12.4 Å². The minimum atomic E-state index is -0.589. The number of anilines is 2. The van der Waals surface area contributed by atoms with E-state index in [1.165, 1.54) is 0 Å². The van der Waals surface area contributed by atoms with Gasteiger partial charge in [-0.1, -0.05) is 30.3 Å². The smallest absolute Gasteiger partial charge is 0.414 e. The van der Waals surface area contributed by atoms with Gasteiger partial charge in [0.05, 0.1) is 17.7 Å². The van der Waals surface area contributed by atoms with Crippen molar-refractivity contribution in [3.05, 3.63) is 46.6 Å². The Balaban J connectivity index is 1.61. The van der Waals surface area contributed by atoms with Crippen LogP contribution in [0.3, 0.4) is 0 Å². The van der Waals surface area contributed by atoms with E-state index in [0.717, 1.165) is 28.9 Å². The molecule has 24 heavy (non-hydrogen) atoms. The number of carbonyl (C=O) groups is 1. The van der Waals surface area contributed by atoms with Gasteiger partial charge in [0.2, 0.25) is 5.95 Å². The number of nitrogens with zero attached hydrogens (tertiary/aromatic N) is 3. The van der Waals surface area contributed by atoms with Crippen LogP contribution < -0.4 is 10.2 Å². The molecule has 1 aromatic heterocycles. The van der Waals surface area contributed by atoms with Gasteiger partial charge in [-0.05, 0) is 21.5 Å². The molecular weight excluding hydrogens is 376 g/mol. The van der Waals surface area contributed by atoms with E-state index in [1.807, 2.05) is 30.3 Å². The molecule has 2 aromatic rings. The topological polar surface area (TPSA) is 76.6 Å². The highest BCUT2D eigenvalue weighted by atomic mass is 79.9. The van der Waals surface area contributed by atoms with Gasteiger partial charge in [0.25, 0.3) is 0 Å². The maximum atomic E-state index is 11.9. The van der Waals surface area contributed by atoms with E-state index in [2.05, 4.69) is 36.1 Å². The molecule has 8 heteroatoms. The quantitative estimate of drug-likeness (QED) is 0.861. The summed E-state index contributed by atoms with van der Waals surface area (Å²) >= 11 is 3.44. The van der Waals surface area contributed by atoms with Crippen molar-refractivity contribution in [2.75, 3.05) is 36.5 Å². The summed E-state index contributed by atoms with van der Waals surface area (Å²) in [5, 5.41) is 2.56. The zero-order valence-corrected chi connectivity index (χ0v) is 14.5. The highest BCUT2D eigenvalue weighted by Crippen LogP contribution is 2.25. The summed E-state index contributed by atoms with van der Waals surface area (Å²) in [7, 11) is 0. The zero-order chi connectivity index (χ0) is 16.8. The maximum Gasteiger partial charge on any atom is 0.414 e. The number of benzene rings is 1. The molecule has 0 atom stereocenters. The number of amides is 1. The summed E-state index contributed by atoms with van der Waals surface area (Å²) in [5.41, 5.74) is 0.915. The molecule has 2 heterocycles. The number of hydrogen-bond donors (Lipinski definition) is 1. The second kappa shape index (κ2) is 8.07. The molecular formula is C16H17BrN4O3. The summed E-state index contributed by atoms with van der Waals surface area (Å²) in [6.45, 7) is 2.98. The van der Waals surface area contributed by atoms with Crippen LogP contribution >= 0.6 is 15.9 Å². The van der Waals surface area contributed by atoms with Gasteiger partial charge >= 0.3 is 6.09 Å². The van der Waals surface area contributed by atoms with E-state index < -0.39 is 6.09 Å². The van der Waals surface area contributed by atoms with Crippen molar-refractivity contribution < 1.29 is 14.3 Å². The molecule has 1 saturated heterocycles. The van der Waals surface area contributed by atoms with Crippen molar-refractivity contribution in [3.8, 4) is 0 Å². The Kier molecular flexibility index (Phi) is 5.60. The lowest BCUT2D eigenvalue weighted by atomic mass is 10.2. The average molecular weight is 393 g/mol. The Morgan fingerprint density at radius 3 is 2.79 bits per heavy atom. The molecule has 0 aliphatic carbocycles. The highest BCUT2D eigenvalue weighted by Gasteiger charge is 2.17. The van der Waals surface area contributed by atoms with Crippen LogP contribution in [0.4, 0.5) is 16.6 Å². The maximum absolute atomic E-state index is 11.9. The standard InChI is InChI=1S/C16H17BrN4O3/c17-13-10-18-15(19-14(13)21-6-8-23-9-7-21)20-16(22)24-11-12-4-2-1-3-5-12/h1-5,10H,6-9,11H2,(H,18,19,20,22). The molecule has 7 nitrogen and oxygen atoms in total. The van der Waals surface area contributed by atoms with Crippen molar-refractivity contribution in [2.24, 2.45) is 0 Å². The van der Waals surface area contributed by atoms with E-state index in [-0.39, 0.29) is 12.6 Å². The molecule has 1 aliphatic heterocycles. The minimum Gasteiger partial charge on any atom is -0.444 e.